The highest BCUT2D eigenvalue weighted by Crippen LogP contribution is 1.91. The molecule has 5 nitrogen and oxygen atoms in total. The van der Waals surface area contributed by atoms with E-state index in [0.29, 0.717) is 5.57 Å². The summed E-state index contributed by atoms with van der Waals surface area (Å²) in [6.07, 6.45) is 1.22. The second-order valence-corrected chi connectivity index (χ2v) is 3.95. The Labute approximate surface area is 84.3 Å². The molecule has 0 rings (SSSR count). The number of rotatable bonds is 3. The van der Waals surface area contributed by atoms with Gasteiger partial charge in [-0.3, -0.25) is 9.35 Å². The molecule has 82 valence electrons. The molecule has 6 heteroatoms. The predicted octanol–water partition coefficient (Wildman–Crippen LogP) is 0.369. The van der Waals surface area contributed by atoms with Gasteiger partial charge in [-0.2, -0.15) is 8.42 Å². The average Bonchev–Trinajstić information content (AvgIpc) is 1.99. The van der Waals surface area contributed by atoms with E-state index in [1.165, 1.54) is 13.0 Å². The number of carbonyl (C=O) groups excluding carboxylic acids is 1. The molecule has 0 bridgehead atoms. The molecular weight excluding hydrogens is 206 g/mol. The molecular formula is C8H15NO4S. The van der Waals surface area contributed by atoms with Crippen LogP contribution in [-0.2, 0) is 14.9 Å². The van der Waals surface area contributed by atoms with Gasteiger partial charge < -0.3 is 5.32 Å². The van der Waals surface area contributed by atoms with Gasteiger partial charge in [0.2, 0.25) is 5.91 Å². The number of nitrogens with one attached hydrogen (secondary N) is 1. The third kappa shape index (κ3) is 17.1. The number of amides is 1. The minimum atomic E-state index is -3.82. The Hall–Kier alpha value is -1.14. The van der Waals surface area contributed by atoms with Crippen LogP contribution in [0.3, 0.4) is 0 Å². The van der Waals surface area contributed by atoms with E-state index in [9.17, 15) is 13.2 Å². The molecule has 0 radical (unpaired) electrons. The first kappa shape index (κ1) is 15.3. The lowest BCUT2D eigenvalue weighted by molar-refractivity contribution is -0.116. The van der Waals surface area contributed by atoms with Crippen molar-refractivity contribution in [2.75, 3.05) is 12.8 Å². The summed E-state index contributed by atoms with van der Waals surface area (Å²) in [5, 5.41) is 2.36. The molecule has 0 fully saturated rings. The zero-order valence-electron chi connectivity index (χ0n) is 8.28. The lowest BCUT2D eigenvalue weighted by atomic mass is 10.4. The van der Waals surface area contributed by atoms with Crippen LogP contribution in [0.25, 0.3) is 0 Å². The second kappa shape index (κ2) is 7.28. The molecule has 0 aliphatic carbocycles. The van der Waals surface area contributed by atoms with Crippen LogP contribution in [0.15, 0.2) is 24.8 Å². The molecule has 0 aromatic heterocycles. The van der Waals surface area contributed by atoms with Gasteiger partial charge in [-0.1, -0.05) is 18.7 Å². The lowest BCUT2D eigenvalue weighted by Crippen LogP contribution is -2.13. The average molecular weight is 221 g/mol. The monoisotopic (exact) mass is 221 g/mol. The van der Waals surface area contributed by atoms with Crippen LogP contribution in [-0.4, -0.2) is 31.7 Å². The van der Waals surface area contributed by atoms with Crippen molar-refractivity contribution in [3.63, 3.8) is 0 Å². The quantitative estimate of drug-likeness (QED) is 0.409. The summed E-state index contributed by atoms with van der Waals surface area (Å²) in [5.41, 5.74) is 0.438. The maximum absolute atomic E-state index is 9.95. The Morgan fingerprint density at radius 3 is 2.00 bits per heavy atom. The van der Waals surface area contributed by atoms with Crippen molar-refractivity contribution < 1.29 is 17.8 Å². The van der Waals surface area contributed by atoms with Gasteiger partial charge in [0.1, 0.15) is 0 Å². The van der Waals surface area contributed by atoms with Gasteiger partial charge in [0.25, 0.3) is 10.1 Å². The Balaban J connectivity index is 0. The van der Waals surface area contributed by atoms with Crippen molar-refractivity contribution in [2.45, 2.75) is 6.92 Å². The first-order valence-electron chi connectivity index (χ1n) is 3.66. The van der Waals surface area contributed by atoms with E-state index in [2.05, 4.69) is 18.5 Å². The molecule has 0 unspecified atom stereocenters. The van der Waals surface area contributed by atoms with Crippen molar-refractivity contribution in [2.24, 2.45) is 0 Å². The van der Waals surface area contributed by atoms with Gasteiger partial charge in [-0.15, -0.1) is 0 Å². The highest BCUT2D eigenvalue weighted by atomic mass is 32.2. The van der Waals surface area contributed by atoms with E-state index >= 15 is 0 Å². The third-order valence-electron chi connectivity index (χ3n) is 0.861. The van der Waals surface area contributed by atoms with Crippen LogP contribution in [0.2, 0.25) is 0 Å². The minimum absolute atomic E-state index is 0.144. The molecule has 2 N–H and O–H groups in total. The topological polar surface area (TPSA) is 83.5 Å². The van der Waals surface area contributed by atoms with Gasteiger partial charge in [0.05, 0.1) is 5.75 Å². The summed E-state index contributed by atoms with van der Waals surface area (Å²) in [5.74, 6) is -0.484. The summed E-state index contributed by atoms with van der Waals surface area (Å²) in [6, 6.07) is 0. The SMILES string of the molecule is C=C(C)CS(=O)(=O)O.C=CC(=O)NC. The van der Waals surface area contributed by atoms with Crippen LogP contribution < -0.4 is 5.32 Å². The van der Waals surface area contributed by atoms with Crippen molar-refractivity contribution in [1.82, 2.24) is 5.32 Å². The fourth-order valence-corrected chi connectivity index (χ4v) is 1.04. The summed E-state index contributed by atoms with van der Waals surface area (Å²) in [7, 11) is -2.26. The molecule has 0 saturated carbocycles. The van der Waals surface area contributed by atoms with E-state index in [1.54, 1.807) is 7.05 Å². The van der Waals surface area contributed by atoms with E-state index in [0.717, 1.165) is 0 Å². The maximum Gasteiger partial charge on any atom is 0.268 e. The van der Waals surface area contributed by atoms with Gasteiger partial charge in [-0.25, -0.2) is 0 Å². The van der Waals surface area contributed by atoms with E-state index < -0.39 is 10.1 Å². The molecule has 1 amide bonds. The minimum Gasteiger partial charge on any atom is -0.356 e. The number of carbonyl (C=O) groups is 1. The molecule has 0 aliphatic heterocycles. The summed E-state index contributed by atoms with van der Waals surface area (Å²) < 4.78 is 28.0. The fraction of sp³-hybridized carbons (Fsp3) is 0.375. The standard InChI is InChI=1S/C4H7NO.C4H8O3S/c1-3-4(6)5-2;1-4(2)3-8(5,6)7/h3H,1H2,2H3,(H,5,6);1,3H2,2H3,(H,5,6,7). The zero-order valence-corrected chi connectivity index (χ0v) is 9.10. The molecule has 0 heterocycles. The van der Waals surface area contributed by atoms with Gasteiger partial charge in [-0.05, 0) is 13.0 Å². The Morgan fingerprint density at radius 2 is 2.00 bits per heavy atom. The van der Waals surface area contributed by atoms with Gasteiger partial charge in [0.15, 0.2) is 0 Å². The lowest BCUT2D eigenvalue weighted by Gasteiger charge is -1.90. The summed E-state index contributed by atoms with van der Waals surface area (Å²) in [4.78, 5) is 9.95. The van der Waals surface area contributed by atoms with Crippen molar-refractivity contribution >= 4 is 16.0 Å². The van der Waals surface area contributed by atoms with E-state index in [4.69, 9.17) is 4.55 Å². The second-order valence-electron chi connectivity index (χ2n) is 2.50. The highest BCUT2D eigenvalue weighted by molar-refractivity contribution is 7.85. The van der Waals surface area contributed by atoms with Crippen molar-refractivity contribution in [3.8, 4) is 0 Å². The molecule has 14 heavy (non-hydrogen) atoms. The van der Waals surface area contributed by atoms with Crippen LogP contribution in [0.1, 0.15) is 6.92 Å². The number of hydrogen-bond acceptors (Lipinski definition) is 3. The van der Waals surface area contributed by atoms with Crippen LogP contribution in [0, 0.1) is 0 Å². The highest BCUT2D eigenvalue weighted by Gasteiger charge is 2.01. The van der Waals surface area contributed by atoms with Crippen LogP contribution in [0.4, 0.5) is 0 Å². The molecule has 0 atom stereocenters. The van der Waals surface area contributed by atoms with E-state index in [-0.39, 0.29) is 11.7 Å². The Bertz CT molecular complexity index is 305. The van der Waals surface area contributed by atoms with Crippen LogP contribution >= 0.6 is 0 Å². The molecule has 0 saturated heterocycles. The first-order valence-corrected chi connectivity index (χ1v) is 5.27. The molecule has 0 aliphatic rings. The summed E-state index contributed by atoms with van der Waals surface area (Å²) in [6.45, 7) is 8.06. The zero-order chi connectivity index (χ0) is 11.8. The molecule has 0 aromatic rings. The number of likely N-dealkylation sites (N-methyl/N-ethyl adjacent to an activating group) is 1. The predicted molar refractivity (Wildman–Crippen MR) is 55.5 cm³/mol. The Kier molecular flexibility index (Phi) is 7.98. The van der Waals surface area contributed by atoms with Gasteiger partial charge >= 0.3 is 0 Å². The molecule has 0 spiro atoms. The summed E-state index contributed by atoms with van der Waals surface area (Å²) >= 11 is 0. The van der Waals surface area contributed by atoms with Crippen molar-refractivity contribution in [1.29, 1.82) is 0 Å². The number of hydrogen-bond donors (Lipinski definition) is 2. The fourth-order valence-electron chi connectivity index (χ4n) is 0.413. The smallest absolute Gasteiger partial charge is 0.268 e. The maximum atomic E-state index is 9.95. The van der Waals surface area contributed by atoms with Crippen LogP contribution in [0.5, 0.6) is 0 Å². The normalized spacial score (nSPS) is 9.36. The third-order valence-corrected chi connectivity index (χ3v) is 1.72. The van der Waals surface area contributed by atoms with Gasteiger partial charge in [0, 0.05) is 7.05 Å². The largest absolute Gasteiger partial charge is 0.356 e. The first-order chi connectivity index (χ1) is 6.22. The van der Waals surface area contributed by atoms with E-state index in [1.807, 2.05) is 0 Å². The molecule has 0 aromatic carbocycles. The van der Waals surface area contributed by atoms with Crippen molar-refractivity contribution in [3.05, 3.63) is 24.8 Å². The Morgan fingerprint density at radius 1 is 1.57 bits per heavy atom.